The Morgan fingerprint density at radius 3 is 0.676 bits per heavy atom. The molecule has 3 aromatic carbocycles. The van der Waals surface area contributed by atoms with E-state index < -0.39 is 137 Å². The maximum atomic E-state index is 14.6. The van der Waals surface area contributed by atoms with Crippen molar-refractivity contribution in [3.05, 3.63) is 107 Å². The molecule has 0 aromatic heterocycles. The third-order valence-electron chi connectivity index (χ3n) is 10.9. The van der Waals surface area contributed by atoms with E-state index in [2.05, 4.69) is 0 Å². The average molecular weight is 1170 g/mol. The quantitative estimate of drug-likeness (QED) is 0.0567. The monoisotopic (exact) mass is 1170 g/mol. The zero-order valence-electron chi connectivity index (χ0n) is 34.6. The van der Waals surface area contributed by atoms with E-state index in [0.29, 0.717) is 24.3 Å². The Morgan fingerprint density at radius 1 is 0.243 bits per heavy atom. The molecule has 0 fully saturated rings. The summed E-state index contributed by atoms with van der Waals surface area (Å²) in [7, 11) is 0. The van der Waals surface area contributed by atoms with Gasteiger partial charge >= 0.3 is 95.3 Å². The van der Waals surface area contributed by atoms with Gasteiger partial charge in [-0.05, 0) is 40.7 Å². The fourth-order valence-electron chi connectivity index (χ4n) is 6.28. The molecule has 0 aliphatic heterocycles. The fourth-order valence-corrected chi connectivity index (χ4v) is 6.66. The summed E-state index contributed by atoms with van der Waals surface area (Å²) in [5, 5.41) is 0. The van der Waals surface area contributed by atoms with Crippen molar-refractivity contribution in [1.29, 1.82) is 0 Å². The zero-order valence-corrected chi connectivity index (χ0v) is 35.3. The number of rotatable bonds is 21. The Labute approximate surface area is 393 Å². The molecule has 0 unspecified atom stereocenters. The van der Waals surface area contributed by atoms with Crippen molar-refractivity contribution in [2.24, 2.45) is 0 Å². The summed E-state index contributed by atoms with van der Waals surface area (Å²) in [6.45, 7) is 0. The van der Waals surface area contributed by atoms with Gasteiger partial charge in [0.1, 0.15) is 4.87 Å². The van der Waals surface area contributed by atoms with Crippen LogP contribution in [0.15, 0.2) is 78.9 Å². The Bertz CT molecular complexity index is 2250. The van der Waals surface area contributed by atoms with E-state index >= 15 is 0 Å². The van der Waals surface area contributed by atoms with Crippen LogP contribution in [0.5, 0.6) is 0 Å². The van der Waals surface area contributed by atoms with Crippen LogP contribution in [0.4, 0.5) is 149 Å². The predicted molar refractivity (Wildman–Crippen MR) is 183 cm³/mol. The molecular formula is C39H21ClF34. The highest BCUT2D eigenvalue weighted by Gasteiger charge is 2.97. The number of benzene rings is 3. The molecule has 3 aromatic rings. The Morgan fingerprint density at radius 2 is 0.446 bits per heavy atom. The molecule has 0 saturated heterocycles. The number of alkyl halides is 35. The van der Waals surface area contributed by atoms with E-state index in [-0.39, 0.29) is 16.7 Å². The second kappa shape index (κ2) is 18.6. The van der Waals surface area contributed by atoms with Gasteiger partial charge in [-0.2, -0.15) is 149 Å². The molecule has 0 aliphatic carbocycles. The summed E-state index contributed by atoms with van der Waals surface area (Å²) in [5.41, 5.74) is -2.30. The number of aryl methyl sites for hydroxylation is 2. The van der Waals surface area contributed by atoms with E-state index in [1.807, 2.05) is 0 Å². The van der Waals surface area contributed by atoms with E-state index in [1.54, 1.807) is 0 Å². The first-order valence-corrected chi connectivity index (χ1v) is 19.2. The van der Waals surface area contributed by atoms with Gasteiger partial charge < -0.3 is 0 Å². The lowest BCUT2D eigenvalue weighted by molar-refractivity contribution is -0.461. The van der Waals surface area contributed by atoms with Crippen molar-refractivity contribution in [2.75, 3.05) is 0 Å². The van der Waals surface area contributed by atoms with E-state index in [4.69, 9.17) is 11.6 Å². The van der Waals surface area contributed by atoms with Gasteiger partial charge in [0.25, 0.3) is 0 Å². The van der Waals surface area contributed by atoms with Crippen LogP contribution in [0.1, 0.15) is 40.7 Å². The first-order valence-electron chi connectivity index (χ1n) is 18.8. The molecule has 0 N–H and O–H groups in total. The van der Waals surface area contributed by atoms with Crippen molar-refractivity contribution in [3.8, 4) is 0 Å². The molecule has 74 heavy (non-hydrogen) atoms. The van der Waals surface area contributed by atoms with E-state index in [9.17, 15) is 149 Å². The molecule has 0 amide bonds. The Hall–Kier alpha value is -4.43. The maximum Gasteiger partial charge on any atom is 0.460 e. The summed E-state index contributed by atoms with van der Waals surface area (Å²) in [5.74, 6) is -116. The highest BCUT2D eigenvalue weighted by atomic mass is 35.5. The first kappa shape index (κ1) is 63.9. The van der Waals surface area contributed by atoms with Crippen molar-refractivity contribution < 1.29 is 149 Å². The summed E-state index contributed by atoms with van der Waals surface area (Å²) in [6.07, 6.45) is -25.1. The van der Waals surface area contributed by atoms with Gasteiger partial charge in [0.2, 0.25) is 0 Å². The second-order valence-electron chi connectivity index (χ2n) is 15.7. The van der Waals surface area contributed by atoms with Crippen LogP contribution >= 0.6 is 11.6 Å². The largest absolute Gasteiger partial charge is 0.460 e. The highest BCUT2D eigenvalue weighted by Crippen LogP contribution is 2.66. The normalized spacial score (nSPS) is 15.7. The standard InChI is InChI=1S/C39H21ClF34/c40-25(20-4-2-1-3-5-20,21-10-6-18(7-11-21)14-16-23(41,42)26(45,46)28(49,50)30(53,54)32(57,58)34(61,62)36(65,66)38(69,70)71)22-12-8-19(9-13-22)15-17-24(43,44)27(47,48)29(51,52)31(55,56)33(59,60)35(63,64)37(67,68)39(72,73)74/h1-13H,14-17H2. The summed E-state index contributed by atoms with van der Waals surface area (Å²) in [6, 6.07) is 11.4. The van der Waals surface area contributed by atoms with E-state index in [1.165, 1.54) is 30.3 Å². The average Bonchev–Trinajstić information content (AvgIpc) is 3.26. The van der Waals surface area contributed by atoms with Gasteiger partial charge in [0.05, 0.1) is 0 Å². The molecule has 0 saturated carbocycles. The molecule has 0 bridgehead atoms. The minimum Gasteiger partial charge on any atom is -0.200 e. The first-order chi connectivity index (χ1) is 32.5. The van der Waals surface area contributed by atoms with Crippen LogP contribution in [0.25, 0.3) is 0 Å². The SMILES string of the molecule is FC(F)(F)C(F)(F)C(F)(F)C(F)(F)C(F)(F)C(F)(F)C(F)(F)C(F)(F)CCc1ccc(C(Cl)(c2ccccc2)c2ccc(CCC(F)(F)C(F)(F)C(F)(F)C(F)(F)C(F)(F)C(F)(F)C(F)(F)C(F)(F)F)cc2)cc1. The Balaban J connectivity index is 1.94. The van der Waals surface area contributed by atoms with Crippen LogP contribution in [0.2, 0.25) is 0 Å². The summed E-state index contributed by atoms with van der Waals surface area (Å²) < 4.78 is 465. The minimum absolute atomic E-state index is 0.100. The van der Waals surface area contributed by atoms with Crippen molar-refractivity contribution >= 4 is 11.6 Å². The van der Waals surface area contributed by atoms with Gasteiger partial charge in [-0.15, -0.1) is 11.6 Å². The number of halogens is 35. The Kier molecular flexibility index (Phi) is 16.1. The van der Waals surface area contributed by atoms with Crippen molar-refractivity contribution in [3.63, 3.8) is 0 Å². The van der Waals surface area contributed by atoms with Crippen LogP contribution in [0, 0.1) is 0 Å². The molecule has 0 radical (unpaired) electrons. The predicted octanol–water partition coefficient (Wildman–Crippen LogP) is 17.1. The van der Waals surface area contributed by atoms with Gasteiger partial charge in [0.15, 0.2) is 0 Å². The second-order valence-corrected chi connectivity index (χ2v) is 16.3. The fraction of sp³-hybridized carbons (Fsp3) is 0.538. The third kappa shape index (κ3) is 9.29. The summed E-state index contributed by atoms with van der Waals surface area (Å²) >= 11 is 6.87. The van der Waals surface area contributed by atoms with Gasteiger partial charge in [-0.25, -0.2) is 0 Å². The topological polar surface area (TPSA) is 0 Å². The van der Waals surface area contributed by atoms with Crippen LogP contribution in [0.3, 0.4) is 0 Å². The van der Waals surface area contributed by atoms with Crippen molar-refractivity contribution in [1.82, 2.24) is 0 Å². The lowest BCUT2D eigenvalue weighted by Crippen LogP contribution is -2.74. The van der Waals surface area contributed by atoms with Gasteiger partial charge in [0, 0.05) is 12.8 Å². The van der Waals surface area contributed by atoms with Crippen LogP contribution in [-0.4, -0.2) is 95.3 Å². The molecule has 0 heterocycles. The summed E-state index contributed by atoms with van der Waals surface area (Å²) in [4.78, 5) is -2.24. The smallest absolute Gasteiger partial charge is 0.200 e. The van der Waals surface area contributed by atoms with Gasteiger partial charge in [-0.3, -0.25) is 0 Å². The minimum atomic E-state index is -8.86. The lowest BCUT2D eigenvalue weighted by Gasteiger charge is -2.42. The molecule has 422 valence electrons. The molecular weight excluding hydrogens is 1150 g/mol. The molecule has 0 atom stereocenters. The molecule has 0 aliphatic rings. The number of hydrogen-bond donors (Lipinski definition) is 0. The lowest BCUT2D eigenvalue weighted by atomic mass is 9.83. The molecule has 3 rings (SSSR count). The highest BCUT2D eigenvalue weighted by molar-refractivity contribution is 6.28. The van der Waals surface area contributed by atoms with Crippen molar-refractivity contribution in [2.45, 2.75) is 126 Å². The van der Waals surface area contributed by atoms with Gasteiger partial charge in [-0.1, -0.05) is 78.9 Å². The molecule has 0 spiro atoms. The van der Waals surface area contributed by atoms with E-state index in [0.717, 1.165) is 24.3 Å². The molecule has 0 nitrogen and oxygen atoms in total. The zero-order chi connectivity index (χ0) is 58.4. The third-order valence-corrected chi connectivity index (χ3v) is 11.6. The van der Waals surface area contributed by atoms with Crippen LogP contribution in [-0.2, 0) is 17.7 Å². The van der Waals surface area contributed by atoms with Crippen LogP contribution < -0.4 is 0 Å². The molecule has 35 heteroatoms. The number of hydrogen-bond acceptors (Lipinski definition) is 0. The maximum absolute atomic E-state index is 14.6.